The van der Waals surface area contributed by atoms with E-state index in [1.807, 2.05) is 42.7 Å². The average Bonchev–Trinajstić information content (AvgIpc) is 3.26. The third kappa shape index (κ3) is 6.13. The summed E-state index contributed by atoms with van der Waals surface area (Å²) in [4.78, 5) is 24.4. The number of aryl methyl sites for hydroxylation is 1. The highest BCUT2D eigenvalue weighted by atomic mass is 32.2. The number of hydrogen-bond donors (Lipinski definition) is 1. The highest BCUT2D eigenvalue weighted by molar-refractivity contribution is 7.99. The number of benzene rings is 2. The van der Waals surface area contributed by atoms with Gasteiger partial charge in [-0.15, -0.1) is 10.2 Å². The molecule has 0 aliphatic rings. The maximum Gasteiger partial charge on any atom is 0.339 e. The van der Waals surface area contributed by atoms with Gasteiger partial charge in [-0.3, -0.25) is 4.79 Å². The molecule has 174 valence electrons. The minimum atomic E-state index is -0.507. The number of thioether (sulfide) groups is 1. The number of carbonyl (C=O) groups excluding carboxylic acids is 2. The SMILES string of the molecule is CCc1ccc(O[C@H](C)c2nnc(SCC(=O)Nc3ccccc3C(=O)OC)n2CC)cc1. The van der Waals surface area contributed by atoms with Crippen molar-refractivity contribution in [3.8, 4) is 5.75 Å². The lowest BCUT2D eigenvalue weighted by Crippen LogP contribution is -2.17. The monoisotopic (exact) mass is 468 g/mol. The van der Waals surface area contributed by atoms with E-state index < -0.39 is 5.97 Å². The highest BCUT2D eigenvalue weighted by Crippen LogP contribution is 2.25. The molecule has 9 heteroatoms. The summed E-state index contributed by atoms with van der Waals surface area (Å²) in [5.41, 5.74) is 1.96. The fourth-order valence-corrected chi connectivity index (χ4v) is 4.07. The minimum absolute atomic E-state index is 0.112. The van der Waals surface area contributed by atoms with Crippen LogP contribution in [0.1, 0.15) is 48.6 Å². The second-order valence-corrected chi connectivity index (χ2v) is 8.16. The quantitative estimate of drug-likeness (QED) is 0.345. The molecule has 0 bridgehead atoms. The molecule has 33 heavy (non-hydrogen) atoms. The number of nitrogens with one attached hydrogen (secondary N) is 1. The summed E-state index contributed by atoms with van der Waals surface area (Å²) in [5, 5.41) is 11.9. The molecule has 0 fully saturated rings. The van der Waals surface area contributed by atoms with Crippen molar-refractivity contribution in [1.82, 2.24) is 14.8 Å². The number of esters is 1. The number of methoxy groups -OCH3 is 1. The van der Waals surface area contributed by atoms with Crippen LogP contribution >= 0.6 is 11.8 Å². The molecular weight excluding hydrogens is 440 g/mol. The van der Waals surface area contributed by atoms with Crippen molar-refractivity contribution in [3.05, 3.63) is 65.5 Å². The number of aromatic nitrogens is 3. The maximum absolute atomic E-state index is 12.5. The summed E-state index contributed by atoms with van der Waals surface area (Å²) in [7, 11) is 1.30. The normalized spacial score (nSPS) is 11.6. The maximum atomic E-state index is 12.5. The van der Waals surface area contributed by atoms with E-state index in [1.54, 1.807) is 24.3 Å². The van der Waals surface area contributed by atoms with Crippen molar-refractivity contribution >= 4 is 29.3 Å². The Labute approximate surface area is 197 Å². The van der Waals surface area contributed by atoms with E-state index in [1.165, 1.54) is 24.4 Å². The molecule has 2 aromatic carbocycles. The lowest BCUT2D eigenvalue weighted by atomic mass is 10.2. The number of ether oxygens (including phenoxy) is 2. The fraction of sp³-hybridized carbons (Fsp3) is 0.333. The first-order valence-corrected chi connectivity index (χ1v) is 11.7. The minimum Gasteiger partial charge on any atom is -0.483 e. The molecule has 8 nitrogen and oxygen atoms in total. The predicted molar refractivity (Wildman–Crippen MR) is 128 cm³/mol. The fourth-order valence-electron chi connectivity index (χ4n) is 3.26. The second-order valence-electron chi connectivity index (χ2n) is 7.22. The van der Waals surface area contributed by atoms with E-state index in [0.717, 1.165) is 12.2 Å². The molecule has 0 radical (unpaired) electrons. The second kappa shape index (κ2) is 11.5. The van der Waals surface area contributed by atoms with E-state index in [4.69, 9.17) is 9.47 Å². The number of para-hydroxylation sites is 1. The Hall–Kier alpha value is -3.33. The van der Waals surface area contributed by atoms with Crippen LogP contribution in [0.4, 0.5) is 5.69 Å². The number of hydrogen-bond acceptors (Lipinski definition) is 7. The van der Waals surface area contributed by atoms with Crippen molar-refractivity contribution in [2.75, 3.05) is 18.2 Å². The van der Waals surface area contributed by atoms with Crippen LogP contribution in [0.2, 0.25) is 0 Å². The molecule has 0 aliphatic carbocycles. The molecule has 1 atom stereocenters. The van der Waals surface area contributed by atoms with Gasteiger partial charge in [-0.1, -0.05) is 43.0 Å². The molecule has 3 aromatic rings. The summed E-state index contributed by atoms with van der Waals surface area (Å²) in [6.07, 6.45) is 0.669. The van der Waals surface area contributed by atoms with E-state index in [2.05, 4.69) is 22.4 Å². The van der Waals surface area contributed by atoms with Gasteiger partial charge in [0.15, 0.2) is 17.1 Å². The lowest BCUT2D eigenvalue weighted by molar-refractivity contribution is -0.113. The Morgan fingerprint density at radius 2 is 1.82 bits per heavy atom. The van der Waals surface area contributed by atoms with Gasteiger partial charge in [0.2, 0.25) is 5.91 Å². The predicted octanol–water partition coefficient (Wildman–Crippen LogP) is 4.52. The number of carbonyl (C=O) groups is 2. The molecule has 1 N–H and O–H groups in total. The third-order valence-electron chi connectivity index (χ3n) is 5.01. The van der Waals surface area contributed by atoms with Gasteiger partial charge < -0.3 is 19.4 Å². The Kier molecular flexibility index (Phi) is 8.48. The van der Waals surface area contributed by atoms with Crippen LogP contribution in [-0.2, 0) is 22.5 Å². The first kappa shape index (κ1) is 24.3. The lowest BCUT2D eigenvalue weighted by Gasteiger charge is -2.16. The molecule has 0 unspecified atom stereocenters. The molecule has 3 rings (SSSR count). The van der Waals surface area contributed by atoms with Crippen LogP contribution in [0, 0.1) is 0 Å². The highest BCUT2D eigenvalue weighted by Gasteiger charge is 2.20. The van der Waals surface area contributed by atoms with Crippen LogP contribution in [0.15, 0.2) is 53.7 Å². The first-order chi connectivity index (χ1) is 16.0. The zero-order valence-electron chi connectivity index (χ0n) is 19.2. The Bertz CT molecular complexity index is 1100. The number of nitrogens with zero attached hydrogens (tertiary/aromatic N) is 3. The van der Waals surface area contributed by atoms with E-state index in [9.17, 15) is 9.59 Å². The van der Waals surface area contributed by atoms with Crippen molar-refractivity contribution in [3.63, 3.8) is 0 Å². The van der Waals surface area contributed by atoms with Gasteiger partial charge in [-0.25, -0.2) is 4.79 Å². The van der Waals surface area contributed by atoms with Crippen LogP contribution in [0.5, 0.6) is 5.75 Å². The van der Waals surface area contributed by atoms with Crippen LogP contribution in [-0.4, -0.2) is 39.5 Å². The molecule has 1 aromatic heterocycles. The Morgan fingerprint density at radius 3 is 2.48 bits per heavy atom. The Balaban J connectivity index is 1.64. The third-order valence-corrected chi connectivity index (χ3v) is 5.98. The molecule has 1 heterocycles. The molecule has 0 aliphatic heterocycles. The summed E-state index contributed by atoms with van der Waals surface area (Å²) < 4.78 is 12.8. The first-order valence-electron chi connectivity index (χ1n) is 10.7. The van der Waals surface area contributed by atoms with Crippen molar-refractivity contribution < 1.29 is 19.1 Å². The van der Waals surface area contributed by atoms with Crippen LogP contribution in [0.3, 0.4) is 0 Å². The van der Waals surface area contributed by atoms with Crippen molar-refractivity contribution in [1.29, 1.82) is 0 Å². The number of anilines is 1. The van der Waals surface area contributed by atoms with E-state index >= 15 is 0 Å². The van der Waals surface area contributed by atoms with Gasteiger partial charge in [0.05, 0.1) is 24.1 Å². The Morgan fingerprint density at radius 1 is 1.09 bits per heavy atom. The summed E-state index contributed by atoms with van der Waals surface area (Å²) in [6, 6.07) is 14.7. The zero-order valence-corrected chi connectivity index (χ0v) is 20.0. The standard InChI is InChI=1S/C24H28N4O4S/c1-5-17-11-13-18(14-12-17)32-16(3)22-26-27-24(28(22)6-2)33-15-21(29)25-20-10-8-7-9-19(20)23(30)31-4/h7-14,16H,5-6,15H2,1-4H3,(H,25,29)/t16-/m1/s1. The largest absolute Gasteiger partial charge is 0.483 e. The van der Waals surface area contributed by atoms with Crippen LogP contribution < -0.4 is 10.1 Å². The van der Waals surface area contributed by atoms with Gasteiger partial charge in [0, 0.05) is 6.54 Å². The van der Waals surface area contributed by atoms with Crippen molar-refractivity contribution in [2.24, 2.45) is 0 Å². The average molecular weight is 469 g/mol. The van der Waals surface area contributed by atoms with Gasteiger partial charge in [-0.05, 0) is 50.1 Å². The van der Waals surface area contributed by atoms with Crippen molar-refractivity contribution in [2.45, 2.75) is 45.0 Å². The topological polar surface area (TPSA) is 95.3 Å². The summed E-state index contributed by atoms with van der Waals surface area (Å²) in [6.45, 7) is 6.67. The zero-order chi connectivity index (χ0) is 23.8. The molecule has 0 saturated carbocycles. The molecular formula is C24H28N4O4S. The van der Waals surface area contributed by atoms with Gasteiger partial charge in [0.25, 0.3) is 0 Å². The molecule has 0 saturated heterocycles. The van der Waals surface area contributed by atoms with Gasteiger partial charge >= 0.3 is 5.97 Å². The summed E-state index contributed by atoms with van der Waals surface area (Å²) in [5.74, 6) is 0.803. The van der Waals surface area contributed by atoms with Gasteiger partial charge in [-0.2, -0.15) is 0 Å². The number of rotatable bonds is 10. The van der Waals surface area contributed by atoms with Gasteiger partial charge in [0.1, 0.15) is 5.75 Å². The van der Waals surface area contributed by atoms with E-state index in [-0.39, 0.29) is 17.8 Å². The number of amides is 1. The summed E-state index contributed by atoms with van der Waals surface area (Å²) >= 11 is 1.27. The van der Waals surface area contributed by atoms with E-state index in [0.29, 0.717) is 28.8 Å². The smallest absolute Gasteiger partial charge is 0.339 e. The molecule has 0 spiro atoms. The molecule has 1 amide bonds. The van der Waals surface area contributed by atoms with Crippen LogP contribution in [0.25, 0.3) is 0 Å².